The summed E-state index contributed by atoms with van der Waals surface area (Å²) in [6.07, 6.45) is 1.83. The Hall–Kier alpha value is -3.24. The molecule has 158 valence electrons. The van der Waals surface area contributed by atoms with Crippen molar-refractivity contribution >= 4 is 23.0 Å². The zero-order chi connectivity index (χ0) is 21.4. The molecule has 1 unspecified atom stereocenters. The Morgan fingerprint density at radius 1 is 1.16 bits per heavy atom. The summed E-state index contributed by atoms with van der Waals surface area (Å²) in [6.45, 7) is 4.68. The maximum absolute atomic E-state index is 13.7. The van der Waals surface area contributed by atoms with Gasteiger partial charge in [0.25, 0.3) is 0 Å². The van der Waals surface area contributed by atoms with Crippen molar-refractivity contribution in [3.63, 3.8) is 0 Å². The van der Waals surface area contributed by atoms with E-state index in [2.05, 4.69) is 44.4 Å². The minimum atomic E-state index is -0.322. The van der Waals surface area contributed by atoms with Crippen molar-refractivity contribution < 1.29 is 9.18 Å². The Morgan fingerprint density at radius 3 is 2.81 bits per heavy atom. The quantitative estimate of drug-likeness (QED) is 0.833. The number of hydrogen-bond acceptors (Lipinski definition) is 5. The maximum Gasteiger partial charge on any atom is 0.233 e. The first-order chi connectivity index (χ1) is 15.1. The lowest BCUT2D eigenvalue weighted by atomic mass is 9.85. The van der Waals surface area contributed by atoms with E-state index in [4.69, 9.17) is 0 Å². The van der Waals surface area contributed by atoms with Crippen molar-refractivity contribution in [1.82, 2.24) is 4.90 Å². The van der Waals surface area contributed by atoms with Crippen LogP contribution >= 0.6 is 0 Å². The van der Waals surface area contributed by atoms with E-state index in [9.17, 15) is 14.4 Å². The molecule has 0 spiro atoms. The number of carbonyl (C=O) groups excluding carboxylic acids is 1. The normalized spacial score (nSPS) is 20.9. The molecule has 2 aromatic carbocycles. The average Bonchev–Trinajstić information content (AvgIpc) is 2.80. The molecular formula is C24H24FN5O. The monoisotopic (exact) mass is 417 g/mol. The third-order valence-electron chi connectivity index (χ3n) is 6.40. The van der Waals surface area contributed by atoms with E-state index >= 15 is 0 Å². The lowest BCUT2D eigenvalue weighted by molar-refractivity contribution is -0.118. The number of benzene rings is 2. The molecule has 3 aliphatic rings. The van der Waals surface area contributed by atoms with Gasteiger partial charge in [0.15, 0.2) is 0 Å². The van der Waals surface area contributed by atoms with Gasteiger partial charge in [-0.15, -0.1) is 0 Å². The minimum Gasteiger partial charge on any atom is -0.368 e. The highest BCUT2D eigenvalue weighted by molar-refractivity contribution is 6.23. The molecule has 3 aliphatic heterocycles. The van der Waals surface area contributed by atoms with E-state index in [1.807, 2.05) is 0 Å². The third kappa shape index (κ3) is 3.79. The lowest BCUT2D eigenvalue weighted by Crippen LogP contribution is -2.46. The summed E-state index contributed by atoms with van der Waals surface area (Å²) in [4.78, 5) is 21.5. The highest BCUT2D eigenvalue weighted by Crippen LogP contribution is 2.32. The van der Waals surface area contributed by atoms with E-state index in [1.165, 1.54) is 12.1 Å². The van der Waals surface area contributed by atoms with E-state index < -0.39 is 0 Å². The summed E-state index contributed by atoms with van der Waals surface area (Å²) in [7, 11) is 0. The van der Waals surface area contributed by atoms with Gasteiger partial charge in [0.2, 0.25) is 5.91 Å². The van der Waals surface area contributed by atoms with Gasteiger partial charge in [0, 0.05) is 44.8 Å². The lowest BCUT2D eigenvalue weighted by Gasteiger charge is -2.36. The molecule has 0 aliphatic carbocycles. The van der Waals surface area contributed by atoms with Gasteiger partial charge in [-0.25, -0.2) is 4.39 Å². The topological polar surface area (TPSA) is 71.7 Å². The number of aliphatic imine (C=N–C) groups is 1. The maximum atomic E-state index is 13.7. The van der Waals surface area contributed by atoms with Crippen molar-refractivity contribution in [1.29, 1.82) is 5.26 Å². The van der Waals surface area contributed by atoms with E-state index in [1.54, 1.807) is 6.07 Å². The van der Waals surface area contributed by atoms with Crippen molar-refractivity contribution in [2.24, 2.45) is 10.9 Å². The van der Waals surface area contributed by atoms with Crippen LogP contribution in [0.15, 0.2) is 41.4 Å². The number of piperazine rings is 1. The summed E-state index contributed by atoms with van der Waals surface area (Å²) in [6, 6.07) is 12.7. The van der Waals surface area contributed by atoms with Gasteiger partial charge in [0.05, 0.1) is 28.6 Å². The second-order valence-corrected chi connectivity index (χ2v) is 8.37. The Morgan fingerprint density at radius 2 is 2.00 bits per heavy atom. The predicted octanol–water partition coefficient (Wildman–Crippen LogP) is 3.17. The van der Waals surface area contributed by atoms with Crippen molar-refractivity contribution in [2.45, 2.75) is 19.4 Å². The number of nitriles is 1. The Bertz CT molecular complexity index is 1100. The second-order valence-electron chi connectivity index (χ2n) is 8.37. The van der Waals surface area contributed by atoms with Gasteiger partial charge in [0.1, 0.15) is 11.9 Å². The van der Waals surface area contributed by atoms with Gasteiger partial charge in [-0.2, -0.15) is 5.26 Å². The third-order valence-corrected chi connectivity index (χ3v) is 6.40. The van der Waals surface area contributed by atoms with Crippen LogP contribution in [-0.2, 0) is 11.3 Å². The molecule has 1 N–H and O–H groups in total. The second kappa shape index (κ2) is 8.12. The fraction of sp³-hybridized carbons (Fsp3) is 0.375. The highest BCUT2D eigenvalue weighted by atomic mass is 19.1. The fourth-order valence-corrected chi connectivity index (χ4v) is 4.77. The highest BCUT2D eigenvalue weighted by Gasteiger charge is 2.33. The zero-order valence-corrected chi connectivity index (χ0v) is 17.3. The number of carbonyl (C=O) groups is 1. The first-order valence-corrected chi connectivity index (χ1v) is 10.8. The largest absolute Gasteiger partial charge is 0.368 e. The van der Waals surface area contributed by atoms with Gasteiger partial charge < -0.3 is 10.2 Å². The molecular weight excluding hydrogens is 393 g/mol. The number of nitrogens with zero attached hydrogens (tertiary/aromatic N) is 4. The first-order valence-electron chi connectivity index (χ1n) is 10.8. The molecule has 1 saturated heterocycles. The van der Waals surface area contributed by atoms with Gasteiger partial charge in [-0.3, -0.25) is 14.7 Å². The number of nitrogens with one attached hydrogen (secondary N) is 1. The molecule has 3 heterocycles. The van der Waals surface area contributed by atoms with Crippen molar-refractivity contribution in [3.05, 3.63) is 58.9 Å². The molecule has 31 heavy (non-hydrogen) atoms. The van der Waals surface area contributed by atoms with E-state index in [0.29, 0.717) is 11.3 Å². The van der Waals surface area contributed by atoms with Gasteiger partial charge in [-0.1, -0.05) is 12.1 Å². The summed E-state index contributed by atoms with van der Waals surface area (Å²) in [5.41, 5.74) is 5.16. The number of anilines is 2. The minimum absolute atomic E-state index is 0.0557. The molecule has 5 rings (SSSR count). The zero-order valence-electron chi connectivity index (χ0n) is 17.3. The van der Waals surface area contributed by atoms with Crippen molar-refractivity contribution in [2.75, 3.05) is 42.9 Å². The number of amides is 1. The molecule has 0 aromatic heterocycles. The molecule has 6 nitrogen and oxygen atoms in total. The first kappa shape index (κ1) is 19.7. The fourth-order valence-electron chi connectivity index (χ4n) is 4.77. The molecule has 7 heteroatoms. The van der Waals surface area contributed by atoms with Crippen LogP contribution in [0.3, 0.4) is 0 Å². The van der Waals surface area contributed by atoms with Crippen molar-refractivity contribution in [3.8, 4) is 6.07 Å². The van der Waals surface area contributed by atoms with Crippen LogP contribution in [-0.4, -0.2) is 49.2 Å². The van der Waals surface area contributed by atoms with E-state index in [0.717, 1.165) is 74.6 Å². The summed E-state index contributed by atoms with van der Waals surface area (Å²) in [5.74, 6) is -0.376. The number of fused-ring (bicyclic) bond motifs is 3. The summed E-state index contributed by atoms with van der Waals surface area (Å²) < 4.78 is 13.7. The van der Waals surface area contributed by atoms with Crippen LogP contribution in [0.1, 0.15) is 29.5 Å². The van der Waals surface area contributed by atoms with Crippen LogP contribution in [0.25, 0.3) is 0 Å². The SMILES string of the molecule is N#Cc1ccc(F)cc1N1CCN(Cc2ccc3c(c2)NC(=O)C2CCCN=C32)CC1. The van der Waals surface area contributed by atoms with E-state index in [-0.39, 0.29) is 17.6 Å². The smallest absolute Gasteiger partial charge is 0.233 e. The van der Waals surface area contributed by atoms with Crippen LogP contribution in [0, 0.1) is 23.1 Å². The number of hydrogen-bond donors (Lipinski definition) is 1. The van der Waals surface area contributed by atoms with Gasteiger partial charge >= 0.3 is 0 Å². The average molecular weight is 417 g/mol. The standard InChI is InChI=1S/C24H24FN5O/c25-18-5-4-17(14-26)22(13-18)30-10-8-29(9-11-30)15-16-3-6-19-21(12-16)28-24(31)20-2-1-7-27-23(19)20/h3-6,12-13,20H,1-2,7-11,15H2,(H,28,31). The van der Waals surface area contributed by atoms with Crippen LogP contribution in [0.4, 0.5) is 15.8 Å². The molecule has 0 saturated carbocycles. The van der Waals surface area contributed by atoms with Crippen LogP contribution in [0.2, 0.25) is 0 Å². The molecule has 1 atom stereocenters. The Kier molecular flexibility index (Phi) is 5.16. The number of rotatable bonds is 3. The predicted molar refractivity (Wildman–Crippen MR) is 118 cm³/mol. The molecule has 0 radical (unpaired) electrons. The molecule has 1 amide bonds. The summed E-state index contributed by atoms with van der Waals surface area (Å²) >= 11 is 0. The Balaban J connectivity index is 1.27. The molecule has 0 bridgehead atoms. The molecule has 1 fully saturated rings. The van der Waals surface area contributed by atoms with Gasteiger partial charge in [-0.05, 0) is 42.7 Å². The summed E-state index contributed by atoms with van der Waals surface area (Å²) in [5, 5.41) is 12.4. The number of halogens is 1. The van der Waals surface area contributed by atoms with Crippen LogP contribution < -0.4 is 10.2 Å². The Labute approximate surface area is 181 Å². The van der Waals surface area contributed by atoms with Crippen LogP contribution in [0.5, 0.6) is 0 Å². The molecule has 2 aromatic rings.